The van der Waals surface area contributed by atoms with Gasteiger partial charge < -0.3 is 14.4 Å². The van der Waals surface area contributed by atoms with Gasteiger partial charge >= 0.3 is 0 Å². The third-order valence-electron chi connectivity index (χ3n) is 4.92. The Morgan fingerprint density at radius 2 is 2.19 bits per heavy atom. The summed E-state index contributed by atoms with van der Waals surface area (Å²) in [5.41, 5.74) is 1.16. The average molecular weight is 376 g/mol. The largest absolute Gasteiger partial charge is 0.372 e. The molecule has 3 heterocycles. The van der Waals surface area contributed by atoms with Crippen LogP contribution in [0.2, 0.25) is 0 Å². The van der Waals surface area contributed by atoms with Gasteiger partial charge in [0.25, 0.3) is 5.91 Å². The summed E-state index contributed by atoms with van der Waals surface area (Å²) < 4.78 is 25.0. The van der Waals surface area contributed by atoms with E-state index in [9.17, 15) is 9.18 Å². The fourth-order valence-electron chi connectivity index (χ4n) is 3.59. The van der Waals surface area contributed by atoms with Crippen LogP contribution in [-0.4, -0.2) is 47.2 Å². The first-order valence-corrected chi connectivity index (χ1v) is 9.62. The molecule has 2 aromatic rings. The van der Waals surface area contributed by atoms with Crippen molar-refractivity contribution in [2.45, 2.75) is 38.1 Å². The molecule has 2 fully saturated rings. The number of ether oxygens (including phenoxy) is 2. The van der Waals surface area contributed by atoms with Gasteiger partial charge in [0.2, 0.25) is 0 Å². The SMILES string of the molecule is Cc1nc(CO[C@H]2CCOC3(C2)CN(C(=O)c2ccc(F)cc2)C3)cs1. The molecule has 5 nitrogen and oxygen atoms in total. The summed E-state index contributed by atoms with van der Waals surface area (Å²) in [6.07, 6.45) is 1.76. The van der Waals surface area contributed by atoms with E-state index in [1.807, 2.05) is 12.3 Å². The number of carbonyl (C=O) groups is 1. The number of likely N-dealkylation sites (tertiary alicyclic amines) is 1. The fourth-order valence-corrected chi connectivity index (χ4v) is 4.19. The van der Waals surface area contributed by atoms with Gasteiger partial charge in [-0.25, -0.2) is 9.37 Å². The minimum atomic E-state index is -0.340. The number of amides is 1. The van der Waals surface area contributed by atoms with Crippen LogP contribution < -0.4 is 0 Å². The summed E-state index contributed by atoms with van der Waals surface area (Å²) in [5, 5.41) is 3.07. The van der Waals surface area contributed by atoms with Gasteiger partial charge in [-0.05, 0) is 37.6 Å². The number of hydrogen-bond acceptors (Lipinski definition) is 5. The third kappa shape index (κ3) is 3.65. The Balaban J connectivity index is 1.31. The molecule has 1 aromatic heterocycles. The molecular weight excluding hydrogens is 355 g/mol. The predicted octanol–water partition coefficient (Wildman–Crippen LogP) is 3.18. The maximum atomic E-state index is 13.0. The van der Waals surface area contributed by atoms with Crippen molar-refractivity contribution >= 4 is 17.2 Å². The number of nitrogens with zero attached hydrogens (tertiary/aromatic N) is 2. The molecule has 1 amide bonds. The normalized spacial score (nSPS) is 21.6. The van der Waals surface area contributed by atoms with Crippen LogP contribution in [0.1, 0.15) is 33.9 Å². The minimum absolute atomic E-state index is 0.0831. The van der Waals surface area contributed by atoms with Gasteiger partial charge in [-0.3, -0.25) is 4.79 Å². The lowest BCUT2D eigenvalue weighted by Crippen LogP contribution is -2.67. The lowest BCUT2D eigenvalue weighted by atomic mass is 9.84. The minimum Gasteiger partial charge on any atom is -0.372 e. The van der Waals surface area contributed by atoms with E-state index in [-0.39, 0.29) is 23.4 Å². The van der Waals surface area contributed by atoms with Crippen molar-refractivity contribution in [1.82, 2.24) is 9.88 Å². The smallest absolute Gasteiger partial charge is 0.254 e. The first kappa shape index (κ1) is 17.6. The van der Waals surface area contributed by atoms with Crippen LogP contribution in [-0.2, 0) is 16.1 Å². The van der Waals surface area contributed by atoms with Crippen LogP contribution >= 0.6 is 11.3 Å². The lowest BCUT2D eigenvalue weighted by molar-refractivity contribution is -0.188. The van der Waals surface area contributed by atoms with E-state index >= 15 is 0 Å². The number of benzene rings is 1. The van der Waals surface area contributed by atoms with E-state index in [1.165, 1.54) is 24.3 Å². The average Bonchev–Trinajstić information content (AvgIpc) is 3.03. The van der Waals surface area contributed by atoms with Crippen LogP contribution in [0.4, 0.5) is 4.39 Å². The van der Waals surface area contributed by atoms with E-state index in [2.05, 4.69) is 4.98 Å². The molecular formula is C19H21FN2O3S. The van der Waals surface area contributed by atoms with Crippen LogP contribution in [0.25, 0.3) is 0 Å². The first-order chi connectivity index (χ1) is 12.5. The molecule has 2 aliphatic heterocycles. The van der Waals surface area contributed by atoms with E-state index in [1.54, 1.807) is 16.2 Å². The number of halogens is 1. The molecule has 0 N–H and O–H groups in total. The summed E-state index contributed by atoms with van der Waals surface area (Å²) >= 11 is 1.63. The van der Waals surface area contributed by atoms with Crippen molar-refractivity contribution in [1.29, 1.82) is 0 Å². The number of thiazole rings is 1. The number of aromatic nitrogens is 1. The third-order valence-corrected chi connectivity index (χ3v) is 5.74. The molecule has 7 heteroatoms. The van der Waals surface area contributed by atoms with Crippen molar-refractivity contribution in [2.24, 2.45) is 0 Å². The van der Waals surface area contributed by atoms with Crippen LogP contribution in [0, 0.1) is 12.7 Å². The summed E-state index contributed by atoms with van der Waals surface area (Å²) in [6.45, 7) is 4.25. The zero-order chi connectivity index (χ0) is 18.1. The molecule has 0 unspecified atom stereocenters. The molecule has 0 aliphatic carbocycles. The Morgan fingerprint density at radius 1 is 1.42 bits per heavy atom. The Labute approximate surface area is 155 Å². The topological polar surface area (TPSA) is 51.7 Å². The number of hydrogen-bond donors (Lipinski definition) is 0. The standard InChI is InChI=1S/C19H21FN2O3S/c1-13-21-16(10-26-13)9-24-17-6-7-25-19(8-17)11-22(12-19)18(23)14-2-4-15(20)5-3-14/h2-5,10,17H,6-9,11-12H2,1H3/t17-/m0/s1. The van der Waals surface area contributed by atoms with Gasteiger partial charge in [0.15, 0.2) is 0 Å². The molecule has 0 bridgehead atoms. The highest BCUT2D eigenvalue weighted by atomic mass is 32.1. The quantitative estimate of drug-likeness (QED) is 0.822. The molecule has 1 atom stereocenters. The van der Waals surface area contributed by atoms with Crippen LogP contribution in [0.3, 0.4) is 0 Å². The van der Waals surface area contributed by atoms with E-state index in [0.717, 1.165) is 23.5 Å². The van der Waals surface area contributed by atoms with Crippen molar-refractivity contribution in [3.05, 3.63) is 51.7 Å². The monoisotopic (exact) mass is 376 g/mol. The highest BCUT2D eigenvalue weighted by Crippen LogP contribution is 2.36. The molecule has 2 aliphatic rings. The summed E-state index contributed by atoms with van der Waals surface area (Å²) in [5.74, 6) is -0.423. The van der Waals surface area contributed by atoms with Crippen molar-refractivity contribution in [3.8, 4) is 0 Å². The zero-order valence-corrected chi connectivity index (χ0v) is 15.4. The summed E-state index contributed by atoms with van der Waals surface area (Å²) in [6, 6.07) is 5.66. The van der Waals surface area contributed by atoms with Gasteiger partial charge in [0, 0.05) is 24.0 Å². The molecule has 0 radical (unpaired) electrons. The first-order valence-electron chi connectivity index (χ1n) is 8.74. The van der Waals surface area contributed by atoms with Gasteiger partial charge in [-0.1, -0.05) is 0 Å². The molecule has 4 rings (SSSR count). The van der Waals surface area contributed by atoms with Gasteiger partial charge in [0.1, 0.15) is 11.4 Å². The van der Waals surface area contributed by atoms with Crippen molar-refractivity contribution in [2.75, 3.05) is 19.7 Å². The fraction of sp³-hybridized carbons (Fsp3) is 0.474. The van der Waals surface area contributed by atoms with Crippen LogP contribution in [0.5, 0.6) is 0 Å². The second-order valence-electron chi connectivity index (χ2n) is 6.98. The number of rotatable bonds is 4. The summed E-state index contributed by atoms with van der Waals surface area (Å²) in [7, 11) is 0. The maximum Gasteiger partial charge on any atom is 0.254 e. The van der Waals surface area contributed by atoms with E-state index < -0.39 is 0 Å². The molecule has 26 heavy (non-hydrogen) atoms. The molecule has 138 valence electrons. The number of carbonyl (C=O) groups excluding carboxylic acids is 1. The van der Waals surface area contributed by atoms with E-state index in [0.29, 0.717) is 31.9 Å². The zero-order valence-electron chi connectivity index (χ0n) is 14.6. The Kier molecular flexibility index (Phi) is 4.77. The summed E-state index contributed by atoms with van der Waals surface area (Å²) in [4.78, 5) is 18.6. The predicted molar refractivity (Wildman–Crippen MR) is 95.6 cm³/mol. The maximum absolute atomic E-state index is 13.0. The van der Waals surface area contributed by atoms with Gasteiger partial charge in [-0.15, -0.1) is 11.3 Å². The lowest BCUT2D eigenvalue weighted by Gasteiger charge is -2.53. The van der Waals surface area contributed by atoms with Crippen LogP contribution in [0.15, 0.2) is 29.6 Å². The Bertz CT molecular complexity index is 786. The van der Waals surface area contributed by atoms with Crippen molar-refractivity contribution < 1.29 is 18.7 Å². The van der Waals surface area contributed by atoms with Gasteiger partial charge in [0.05, 0.1) is 36.5 Å². The Morgan fingerprint density at radius 3 is 2.88 bits per heavy atom. The highest BCUT2D eigenvalue weighted by molar-refractivity contribution is 7.09. The molecule has 2 saturated heterocycles. The number of aryl methyl sites for hydroxylation is 1. The molecule has 0 saturated carbocycles. The van der Waals surface area contributed by atoms with Gasteiger partial charge in [-0.2, -0.15) is 0 Å². The van der Waals surface area contributed by atoms with Crippen molar-refractivity contribution in [3.63, 3.8) is 0 Å². The Hall–Kier alpha value is -1.83. The second kappa shape index (κ2) is 7.06. The molecule has 1 aromatic carbocycles. The van der Waals surface area contributed by atoms with E-state index in [4.69, 9.17) is 9.47 Å². The second-order valence-corrected chi connectivity index (χ2v) is 8.05. The highest BCUT2D eigenvalue weighted by Gasteiger charge is 2.49. The molecule has 1 spiro atoms.